The summed E-state index contributed by atoms with van der Waals surface area (Å²) in [5, 5.41) is 10.5. The van der Waals surface area contributed by atoms with E-state index in [1.54, 1.807) is 0 Å². The Hall–Kier alpha value is -1.29. The van der Waals surface area contributed by atoms with Crippen molar-refractivity contribution in [2.24, 2.45) is 11.8 Å². The van der Waals surface area contributed by atoms with Crippen molar-refractivity contribution in [3.8, 4) is 0 Å². The number of H-pyrrole nitrogens is 1. The van der Waals surface area contributed by atoms with Crippen LogP contribution >= 0.6 is 0 Å². The van der Waals surface area contributed by atoms with E-state index in [2.05, 4.69) is 11.9 Å². The zero-order chi connectivity index (χ0) is 15.7. The van der Waals surface area contributed by atoms with E-state index in [9.17, 15) is 9.90 Å². The molecule has 0 aromatic carbocycles. The number of rotatable bonds is 2. The highest BCUT2D eigenvalue weighted by atomic mass is 16.3. The molecule has 2 fully saturated rings. The number of aryl methyl sites for hydroxylation is 1. The minimum absolute atomic E-state index is 0.133. The number of likely N-dealkylation sites (tertiary alicyclic amines) is 1. The van der Waals surface area contributed by atoms with Crippen LogP contribution in [0.5, 0.6) is 0 Å². The molecule has 4 nitrogen and oxygen atoms in total. The molecular formula is C18H28N2O2. The fourth-order valence-corrected chi connectivity index (χ4v) is 4.30. The second kappa shape index (κ2) is 6.45. The Bertz CT molecular complexity index is 525. The van der Waals surface area contributed by atoms with Crippen molar-refractivity contribution < 1.29 is 9.90 Å². The molecule has 1 amide bonds. The summed E-state index contributed by atoms with van der Waals surface area (Å²) < 4.78 is 0. The predicted octanol–water partition coefficient (Wildman–Crippen LogP) is 3.11. The van der Waals surface area contributed by atoms with Crippen LogP contribution in [0, 0.1) is 18.8 Å². The normalized spacial score (nSPS) is 33.0. The van der Waals surface area contributed by atoms with E-state index in [1.807, 2.05) is 24.2 Å². The molecule has 2 aliphatic rings. The van der Waals surface area contributed by atoms with Gasteiger partial charge in [-0.25, -0.2) is 0 Å². The van der Waals surface area contributed by atoms with Gasteiger partial charge in [-0.3, -0.25) is 4.79 Å². The van der Waals surface area contributed by atoms with Gasteiger partial charge in [-0.2, -0.15) is 0 Å². The lowest BCUT2D eigenvalue weighted by atomic mass is 9.74. The van der Waals surface area contributed by atoms with Crippen molar-refractivity contribution in [3.05, 3.63) is 23.5 Å². The van der Waals surface area contributed by atoms with Crippen molar-refractivity contribution in [2.75, 3.05) is 6.54 Å². The third kappa shape index (κ3) is 2.94. The number of hydrogen-bond acceptors (Lipinski definition) is 2. The van der Waals surface area contributed by atoms with E-state index in [0.717, 1.165) is 56.2 Å². The molecule has 4 heteroatoms. The summed E-state index contributed by atoms with van der Waals surface area (Å²) in [7, 11) is 0. The van der Waals surface area contributed by atoms with E-state index < -0.39 is 0 Å². The smallest absolute Gasteiger partial charge is 0.255 e. The summed E-state index contributed by atoms with van der Waals surface area (Å²) in [4.78, 5) is 18.0. The van der Waals surface area contributed by atoms with Gasteiger partial charge in [0.25, 0.3) is 5.91 Å². The van der Waals surface area contributed by atoms with Gasteiger partial charge in [0.1, 0.15) is 0 Å². The molecule has 0 radical (unpaired) electrons. The molecule has 4 atom stereocenters. The summed E-state index contributed by atoms with van der Waals surface area (Å²) >= 11 is 0. The average Bonchev–Trinajstić information content (AvgIpc) is 2.95. The van der Waals surface area contributed by atoms with Crippen LogP contribution in [0.2, 0.25) is 0 Å². The molecule has 122 valence electrons. The standard InChI is InChI=1S/C18H28N2O2/c1-12-6-7-17(21)14(9-12)16-5-3-4-8-20(16)18(22)15-11-19-10-13(15)2/h10-12,14,16-17,19,21H,3-9H2,1-2H3/t12-,14-,16+,17-/m0/s1. The fourth-order valence-electron chi connectivity index (χ4n) is 4.30. The Morgan fingerprint density at radius 3 is 2.82 bits per heavy atom. The molecule has 1 aromatic rings. The van der Waals surface area contributed by atoms with E-state index in [0.29, 0.717) is 5.92 Å². The van der Waals surface area contributed by atoms with E-state index >= 15 is 0 Å². The van der Waals surface area contributed by atoms with Gasteiger partial charge in [0.05, 0.1) is 11.7 Å². The van der Waals surface area contributed by atoms with Gasteiger partial charge in [-0.1, -0.05) is 6.92 Å². The van der Waals surface area contributed by atoms with Gasteiger partial charge >= 0.3 is 0 Å². The predicted molar refractivity (Wildman–Crippen MR) is 86.7 cm³/mol. The van der Waals surface area contributed by atoms with Crippen LogP contribution in [0.4, 0.5) is 0 Å². The molecule has 1 aliphatic heterocycles. The molecule has 0 spiro atoms. The van der Waals surface area contributed by atoms with E-state index in [4.69, 9.17) is 0 Å². The van der Waals surface area contributed by atoms with Crippen LogP contribution in [0.25, 0.3) is 0 Å². The number of aliphatic hydroxyl groups is 1. The number of nitrogens with zero attached hydrogens (tertiary/aromatic N) is 1. The number of aromatic amines is 1. The third-order valence-corrected chi connectivity index (χ3v) is 5.61. The number of aliphatic hydroxyl groups excluding tert-OH is 1. The van der Waals surface area contributed by atoms with Crippen molar-refractivity contribution in [1.82, 2.24) is 9.88 Å². The zero-order valence-electron chi connectivity index (χ0n) is 13.7. The summed E-state index contributed by atoms with van der Waals surface area (Å²) in [6, 6.07) is 0.202. The molecule has 0 unspecified atom stereocenters. The summed E-state index contributed by atoms with van der Waals surface area (Å²) in [5.74, 6) is 1.03. The van der Waals surface area contributed by atoms with Crippen molar-refractivity contribution in [1.29, 1.82) is 0 Å². The Morgan fingerprint density at radius 1 is 1.27 bits per heavy atom. The van der Waals surface area contributed by atoms with Crippen LogP contribution in [-0.2, 0) is 0 Å². The Morgan fingerprint density at radius 2 is 2.09 bits per heavy atom. The molecule has 2 heterocycles. The molecule has 0 bridgehead atoms. The van der Waals surface area contributed by atoms with Gasteiger partial charge in [0.2, 0.25) is 0 Å². The number of amides is 1. The molecule has 3 rings (SSSR count). The van der Waals surface area contributed by atoms with Crippen molar-refractivity contribution in [3.63, 3.8) is 0 Å². The first kappa shape index (κ1) is 15.6. The first-order valence-corrected chi connectivity index (χ1v) is 8.70. The minimum atomic E-state index is -0.248. The Labute approximate surface area is 132 Å². The van der Waals surface area contributed by atoms with Crippen LogP contribution in [0.15, 0.2) is 12.4 Å². The summed E-state index contributed by atoms with van der Waals surface area (Å²) in [5.41, 5.74) is 1.79. The molecule has 1 saturated heterocycles. The van der Waals surface area contributed by atoms with Gasteiger partial charge < -0.3 is 15.0 Å². The van der Waals surface area contributed by atoms with Crippen LogP contribution < -0.4 is 0 Å². The summed E-state index contributed by atoms with van der Waals surface area (Å²) in [6.07, 6.45) is 9.74. The maximum atomic E-state index is 12.9. The second-order valence-corrected chi connectivity index (χ2v) is 7.26. The highest BCUT2D eigenvalue weighted by Crippen LogP contribution is 2.37. The lowest BCUT2D eigenvalue weighted by Gasteiger charge is -2.45. The van der Waals surface area contributed by atoms with E-state index in [-0.39, 0.29) is 24.0 Å². The number of hydrogen-bond donors (Lipinski definition) is 2. The number of piperidine rings is 1. The second-order valence-electron chi connectivity index (χ2n) is 7.26. The van der Waals surface area contributed by atoms with Crippen LogP contribution in [0.3, 0.4) is 0 Å². The fraction of sp³-hybridized carbons (Fsp3) is 0.722. The molecule has 22 heavy (non-hydrogen) atoms. The average molecular weight is 304 g/mol. The number of carbonyl (C=O) groups is 1. The summed E-state index contributed by atoms with van der Waals surface area (Å²) in [6.45, 7) is 5.07. The van der Waals surface area contributed by atoms with E-state index in [1.165, 1.54) is 0 Å². The highest BCUT2D eigenvalue weighted by molar-refractivity contribution is 5.95. The Kier molecular flexibility index (Phi) is 4.57. The van der Waals surface area contributed by atoms with Crippen LogP contribution in [-0.4, -0.2) is 39.6 Å². The SMILES string of the molecule is Cc1c[nH]cc1C(=O)N1CCCC[C@@H]1[C@@H]1C[C@@H](C)CC[C@@H]1O. The first-order valence-electron chi connectivity index (χ1n) is 8.70. The topological polar surface area (TPSA) is 56.3 Å². The molecule has 1 saturated carbocycles. The third-order valence-electron chi connectivity index (χ3n) is 5.61. The lowest BCUT2D eigenvalue weighted by molar-refractivity contribution is -0.0121. The van der Waals surface area contributed by atoms with Gasteiger partial charge in [-0.15, -0.1) is 0 Å². The molecule has 2 N–H and O–H groups in total. The quantitative estimate of drug-likeness (QED) is 0.882. The van der Waals surface area contributed by atoms with Gasteiger partial charge in [0, 0.05) is 30.9 Å². The molecule has 1 aromatic heterocycles. The first-order chi connectivity index (χ1) is 10.6. The monoisotopic (exact) mass is 304 g/mol. The van der Waals surface area contributed by atoms with Crippen molar-refractivity contribution in [2.45, 2.75) is 64.5 Å². The number of carbonyl (C=O) groups excluding carboxylic acids is 1. The van der Waals surface area contributed by atoms with Gasteiger partial charge in [0.15, 0.2) is 0 Å². The lowest BCUT2D eigenvalue weighted by Crippen LogP contribution is -2.51. The maximum absolute atomic E-state index is 12.9. The van der Waals surface area contributed by atoms with Crippen molar-refractivity contribution >= 4 is 5.91 Å². The number of aromatic nitrogens is 1. The zero-order valence-corrected chi connectivity index (χ0v) is 13.7. The maximum Gasteiger partial charge on any atom is 0.255 e. The van der Waals surface area contributed by atoms with Crippen LogP contribution in [0.1, 0.15) is 61.4 Å². The number of nitrogens with one attached hydrogen (secondary N) is 1. The molecular weight excluding hydrogens is 276 g/mol. The van der Waals surface area contributed by atoms with Gasteiger partial charge in [-0.05, 0) is 56.9 Å². The largest absolute Gasteiger partial charge is 0.393 e. The highest BCUT2D eigenvalue weighted by Gasteiger charge is 2.39. The minimum Gasteiger partial charge on any atom is -0.393 e. The molecule has 1 aliphatic carbocycles. The Balaban J connectivity index is 1.82.